The molecule has 0 fully saturated rings. The van der Waals surface area contributed by atoms with Crippen LogP contribution in [0, 0.1) is 0 Å². The predicted octanol–water partition coefficient (Wildman–Crippen LogP) is 6.22. The number of phenolic OH excluding ortho intramolecular Hbond substituents is 1. The Morgan fingerprint density at radius 3 is 2.56 bits per heavy atom. The fourth-order valence-electron chi connectivity index (χ4n) is 5.20. The molecule has 208 valence electrons. The number of halogens is 1. The Hall–Kier alpha value is -2.91. The summed E-state index contributed by atoms with van der Waals surface area (Å²) in [6, 6.07) is 11.2. The van der Waals surface area contributed by atoms with Crippen molar-refractivity contribution in [3.05, 3.63) is 74.5 Å². The topological polar surface area (TPSA) is 94.1 Å². The van der Waals surface area contributed by atoms with Gasteiger partial charge in [0.1, 0.15) is 12.4 Å². The molecule has 2 N–H and O–H groups in total. The fraction of sp³-hybridized carbons (Fsp3) is 0.400. The molecule has 0 aromatic heterocycles. The zero-order valence-electron chi connectivity index (χ0n) is 22.6. The monoisotopic (exact) mass is 615 g/mol. The molecule has 0 radical (unpaired) electrons. The molecule has 2 aromatic carbocycles. The number of ether oxygens (including phenoxy) is 3. The van der Waals surface area contributed by atoms with Crippen LogP contribution in [-0.4, -0.2) is 48.7 Å². The molecule has 4 rings (SSSR count). The molecule has 0 unspecified atom stereocenters. The number of aromatic hydroxyl groups is 1. The number of carbonyl (C=O) groups excluding carboxylic acids is 2. The van der Waals surface area contributed by atoms with Crippen molar-refractivity contribution in [2.75, 3.05) is 31.8 Å². The first-order valence-electron chi connectivity index (χ1n) is 13.1. The van der Waals surface area contributed by atoms with Gasteiger partial charge < -0.3 is 24.6 Å². The number of nitrogens with one attached hydrogen (secondary N) is 1. The van der Waals surface area contributed by atoms with Crippen molar-refractivity contribution >= 4 is 39.4 Å². The number of ketones is 1. The summed E-state index contributed by atoms with van der Waals surface area (Å²) in [7, 11) is 1.63. The Bertz CT molecular complexity index is 1300. The molecular formula is C30H34BrNO6S. The number of hydrogen-bond acceptors (Lipinski definition) is 8. The Morgan fingerprint density at radius 2 is 1.90 bits per heavy atom. The fourth-order valence-corrected chi connectivity index (χ4v) is 6.15. The lowest BCUT2D eigenvalue weighted by atomic mass is 9.71. The minimum atomic E-state index is -0.659. The van der Waals surface area contributed by atoms with E-state index in [4.69, 9.17) is 14.2 Å². The van der Waals surface area contributed by atoms with Crippen LogP contribution < -0.4 is 14.8 Å². The number of allylic oxidation sites excluding steroid dienone is 3. The summed E-state index contributed by atoms with van der Waals surface area (Å²) >= 11 is 5.12. The van der Waals surface area contributed by atoms with Gasteiger partial charge >= 0.3 is 5.97 Å². The first-order chi connectivity index (χ1) is 18.8. The van der Waals surface area contributed by atoms with Gasteiger partial charge in [0.2, 0.25) is 0 Å². The normalized spacial score (nSPS) is 18.9. The van der Waals surface area contributed by atoms with Gasteiger partial charge in [-0.15, -0.1) is 0 Å². The highest BCUT2D eigenvalue weighted by Crippen LogP contribution is 2.48. The summed E-state index contributed by atoms with van der Waals surface area (Å²) in [5, 5.41) is 13.9. The highest BCUT2D eigenvalue weighted by molar-refractivity contribution is 9.10. The van der Waals surface area contributed by atoms with Crippen LogP contribution in [0.1, 0.15) is 56.6 Å². The van der Waals surface area contributed by atoms with E-state index in [1.807, 2.05) is 38.1 Å². The molecule has 9 heteroatoms. The second-order valence-corrected chi connectivity index (χ2v) is 11.7. The Balaban J connectivity index is 1.77. The molecule has 0 amide bonds. The van der Waals surface area contributed by atoms with E-state index < -0.39 is 11.9 Å². The molecule has 7 nitrogen and oxygen atoms in total. The third kappa shape index (κ3) is 6.30. The lowest BCUT2D eigenvalue weighted by Gasteiger charge is -2.37. The standard InChI is InChI=1S/C30H34BrNO6S/c1-5-37-25-16-20(13-22(31)29(25)34)27-26(30(35)38-11-12-39-6-2)17(3)32-23-14-19(15-24(33)28(23)27)18-7-9-21(36-4)10-8-18/h7-10,13,16,19,27,32,34H,5-6,11-12,14-15H2,1-4H3/t19-,27+/m1/s1. The quantitative estimate of drug-likeness (QED) is 0.240. The van der Waals surface area contributed by atoms with Gasteiger partial charge in [-0.05, 0) is 83.3 Å². The van der Waals surface area contributed by atoms with E-state index in [9.17, 15) is 14.7 Å². The van der Waals surface area contributed by atoms with Crippen molar-refractivity contribution in [3.63, 3.8) is 0 Å². The first-order valence-corrected chi connectivity index (χ1v) is 15.0. The van der Waals surface area contributed by atoms with E-state index in [-0.39, 0.29) is 29.8 Å². The summed E-state index contributed by atoms with van der Waals surface area (Å²) in [5.41, 5.74) is 4.13. The molecule has 0 bridgehead atoms. The van der Waals surface area contributed by atoms with Crippen molar-refractivity contribution in [2.45, 2.75) is 45.4 Å². The second kappa shape index (κ2) is 13.0. The third-order valence-electron chi connectivity index (χ3n) is 6.98. The van der Waals surface area contributed by atoms with Gasteiger partial charge in [-0.25, -0.2) is 4.79 Å². The van der Waals surface area contributed by atoms with Crippen LogP contribution in [0.25, 0.3) is 0 Å². The Morgan fingerprint density at radius 1 is 1.15 bits per heavy atom. The van der Waals surface area contributed by atoms with E-state index in [0.717, 1.165) is 22.8 Å². The summed E-state index contributed by atoms with van der Waals surface area (Å²) in [5.74, 6) is 1.50. The third-order valence-corrected chi connectivity index (χ3v) is 8.45. The van der Waals surface area contributed by atoms with E-state index in [1.165, 1.54) is 0 Å². The van der Waals surface area contributed by atoms with Crippen LogP contribution in [0.2, 0.25) is 0 Å². The minimum Gasteiger partial charge on any atom is -0.503 e. The Kier molecular flexibility index (Phi) is 9.67. The van der Waals surface area contributed by atoms with Crippen LogP contribution >= 0.6 is 27.7 Å². The minimum absolute atomic E-state index is 0.00628. The lowest BCUT2D eigenvalue weighted by Crippen LogP contribution is -2.36. The number of phenols is 1. The van der Waals surface area contributed by atoms with Crippen molar-refractivity contribution in [1.29, 1.82) is 0 Å². The number of hydrogen-bond donors (Lipinski definition) is 2. The highest BCUT2D eigenvalue weighted by atomic mass is 79.9. The van der Waals surface area contributed by atoms with Crippen LogP contribution in [0.5, 0.6) is 17.2 Å². The van der Waals surface area contributed by atoms with E-state index in [1.54, 1.807) is 31.0 Å². The maximum Gasteiger partial charge on any atom is 0.336 e. The Labute approximate surface area is 242 Å². The number of Topliss-reactive ketones (excluding diaryl/α,β-unsaturated/α-hetero) is 1. The van der Waals surface area contributed by atoms with Gasteiger partial charge in [-0.2, -0.15) is 11.8 Å². The molecule has 0 saturated carbocycles. The maximum atomic E-state index is 13.9. The molecule has 1 aliphatic heterocycles. The van der Waals surface area contributed by atoms with E-state index in [2.05, 4.69) is 28.2 Å². The molecule has 2 aromatic rings. The maximum absolute atomic E-state index is 13.9. The predicted molar refractivity (Wildman–Crippen MR) is 157 cm³/mol. The van der Waals surface area contributed by atoms with Crippen molar-refractivity contribution in [1.82, 2.24) is 5.32 Å². The molecule has 2 aliphatic rings. The highest BCUT2D eigenvalue weighted by Gasteiger charge is 2.42. The summed E-state index contributed by atoms with van der Waals surface area (Å²) < 4.78 is 17.1. The smallest absolute Gasteiger partial charge is 0.336 e. The average molecular weight is 617 g/mol. The molecule has 39 heavy (non-hydrogen) atoms. The summed E-state index contributed by atoms with van der Waals surface area (Å²) in [6.45, 7) is 6.36. The number of dihydropyridines is 1. The zero-order valence-corrected chi connectivity index (χ0v) is 25.0. The molecule has 1 heterocycles. The van der Waals surface area contributed by atoms with Crippen LogP contribution in [-0.2, 0) is 14.3 Å². The number of benzene rings is 2. The summed E-state index contributed by atoms with van der Waals surface area (Å²) in [4.78, 5) is 27.3. The number of rotatable bonds is 10. The van der Waals surface area contributed by atoms with Gasteiger partial charge in [0.05, 0.1) is 23.8 Å². The average Bonchev–Trinajstić information content (AvgIpc) is 2.92. The number of carbonyl (C=O) groups is 2. The summed E-state index contributed by atoms with van der Waals surface area (Å²) in [6.07, 6.45) is 0.934. The zero-order chi connectivity index (χ0) is 28.1. The van der Waals surface area contributed by atoms with E-state index >= 15 is 0 Å². The van der Waals surface area contributed by atoms with Crippen LogP contribution in [0.3, 0.4) is 0 Å². The number of methoxy groups -OCH3 is 1. The molecule has 1 aliphatic carbocycles. The first kappa shape index (κ1) is 29.1. The van der Waals surface area contributed by atoms with Crippen LogP contribution in [0.15, 0.2) is 63.4 Å². The van der Waals surface area contributed by atoms with Crippen molar-refractivity contribution < 1.29 is 28.9 Å². The number of thioether (sulfide) groups is 1. The van der Waals surface area contributed by atoms with Gasteiger partial charge in [-0.3, -0.25) is 4.79 Å². The van der Waals surface area contributed by atoms with Gasteiger partial charge in [0, 0.05) is 35.1 Å². The van der Waals surface area contributed by atoms with Crippen LogP contribution in [0.4, 0.5) is 0 Å². The van der Waals surface area contributed by atoms with Gasteiger partial charge in [0.15, 0.2) is 17.3 Å². The van der Waals surface area contributed by atoms with Gasteiger partial charge in [-0.1, -0.05) is 19.1 Å². The second-order valence-electron chi connectivity index (χ2n) is 9.41. The van der Waals surface area contributed by atoms with E-state index in [0.29, 0.717) is 52.1 Å². The lowest BCUT2D eigenvalue weighted by molar-refractivity contribution is -0.138. The molecular weight excluding hydrogens is 582 g/mol. The molecule has 0 saturated heterocycles. The number of esters is 1. The molecule has 2 atom stereocenters. The SMILES string of the molecule is CCOc1cc([C@H]2C(C(=O)OCCSCC)=C(C)NC3=C2C(=O)C[C@H](c2ccc(OC)cc2)C3)cc(Br)c1O. The van der Waals surface area contributed by atoms with Crippen molar-refractivity contribution in [3.8, 4) is 17.2 Å². The van der Waals surface area contributed by atoms with Gasteiger partial charge in [0.25, 0.3) is 0 Å². The largest absolute Gasteiger partial charge is 0.503 e. The van der Waals surface area contributed by atoms with Crippen molar-refractivity contribution in [2.24, 2.45) is 0 Å². The molecule has 0 spiro atoms.